The van der Waals surface area contributed by atoms with E-state index in [0.29, 0.717) is 22.0 Å². The monoisotopic (exact) mass is 485 g/mol. The predicted octanol–water partition coefficient (Wildman–Crippen LogP) is 4.85. The number of nitrogens with one attached hydrogen (secondary N) is 1. The molecule has 1 N–H and O–H groups in total. The fourth-order valence-electron chi connectivity index (χ4n) is 4.06. The number of aryl methyl sites for hydroxylation is 2. The van der Waals surface area contributed by atoms with Crippen LogP contribution < -0.4 is 15.8 Å². The van der Waals surface area contributed by atoms with Gasteiger partial charge in [-0.1, -0.05) is 55.1 Å². The number of carbonyl (C=O) groups excluding carboxylic acids is 1. The lowest BCUT2D eigenvalue weighted by Gasteiger charge is -2.29. The number of thioether (sulfide) groups is 1. The van der Waals surface area contributed by atoms with Crippen LogP contribution in [0.15, 0.2) is 28.2 Å². The summed E-state index contributed by atoms with van der Waals surface area (Å²) in [5, 5.41) is 4.43. The van der Waals surface area contributed by atoms with Crippen molar-refractivity contribution in [3.63, 3.8) is 0 Å². The van der Waals surface area contributed by atoms with Gasteiger partial charge in [-0.25, -0.2) is 4.98 Å². The Kier molecular flexibility index (Phi) is 7.38. The Morgan fingerprint density at radius 1 is 1.21 bits per heavy atom. The minimum Gasteiger partial charge on any atom is -0.348 e. The molecule has 3 heterocycles. The number of fused-ring (bicyclic) bond motifs is 1. The van der Waals surface area contributed by atoms with Gasteiger partial charge in [-0.15, -0.1) is 0 Å². The minimum absolute atomic E-state index is 0.0615. The number of aromatic nitrogens is 3. The quantitative estimate of drug-likeness (QED) is 0.381. The normalized spacial score (nSPS) is 14.7. The van der Waals surface area contributed by atoms with E-state index >= 15 is 0 Å². The lowest BCUT2D eigenvalue weighted by molar-refractivity contribution is -0.113. The second-order valence-electron chi connectivity index (χ2n) is 8.77. The first kappa shape index (κ1) is 23.8. The second-order valence-corrected chi connectivity index (χ2v) is 10.7. The topological polar surface area (TPSA) is 80.1 Å². The van der Waals surface area contributed by atoms with E-state index in [2.05, 4.69) is 17.1 Å². The van der Waals surface area contributed by atoms with Crippen LogP contribution >= 0.6 is 23.1 Å². The molecule has 0 radical (unpaired) electrons. The Morgan fingerprint density at radius 3 is 2.58 bits per heavy atom. The molecule has 9 heteroatoms. The zero-order valence-electron chi connectivity index (χ0n) is 19.7. The molecule has 0 spiro atoms. The largest absolute Gasteiger partial charge is 0.348 e. The molecule has 1 aromatic carbocycles. The summed E-state index contributed by atoms with van der Waals surface area (Å²) in [6.07, 6.45) is 3.09. The SMILES string of the molecule is CCCn1c(SCC(=O)Nc2c(C)cccc2C)nc2nc(N3CCC(C)CC3)sc2c1=O. The zero-order chi connectivity index (χ0) is 23.5. The van der Waals surface area contributed by atoms with Crippen molar-refractivity contribution in [2.24, 2.45) is 5.92 Å². The number of hydrogen-bond acceptors (Lipinski definition) is 7. The number of anilines is 2. The molecule has 1 amide bonds. The maximum absolute atomic E-state index is 13.3. The Bertz CT molecular complexity index is 1190. The number of nitrogens with zero attached hydrogens (tertiary/aromatic N) is 4. The molecular weight excluding hydrogens is 454 g/mol. The van der Waals surface area contributed by atoms with Gasteiger partial charge in [-0.05, 0) is 50.2 Å². The van der Waals surface area contributed by atoms with Crippen LogP contribution in [0.25, 0.3) is 10.3 Å². The molecule has 7 nitrogen and oxygen atoms in total. The van der Waals surface area contributed by atoms with Gasteiger partial charge in [0.2, 0.25) is 5.91 Å². The van der Waals surface area contributed by atoms with Gasteiger partial charge in [0.1, 0.15) is 4.70 Å². The highest BCUT2D eigenvalue weighted by Gasteiger charge is 2.22. The molecule has 1 saturated heterocycles. The van der Waals surface area contributed by atoms with Crippen LogP contribution in [-0.4, -0.2) is 39.3 Å². The van der Waals surface area contributed by atoms with Crippen molar-refractivity contribution >= 4 is 50.2 Å². The fourth-order valence-corrected chi connectivity index (χ4v) is 5.88. The summed E-state index contributed by atoms with van der Waals surface area (Å²) in [7, 11) is 0. The highest BCUT2D eigenvalue weighted by atomic mass is 32.2. The Morgan fingerprint density at radius 2 is 1.91 bits per heavy atom. The lowest BCUT2D eigenvalue weighted by Crippen LogP contribution is -2.32. The van der Waals surface area contributed by atoms with Crippen molar-refractivity contribution in [2.75, 3.05) is 29.1 Å². The van der Waals surface area contributed by atoms with E-state index in [9.17, 15) is 9.59 Å². The van der Waals surface area contributed by atoms with Crippen LogP contribution in [0.4, 0.5) is 10.8 Å². The average molecular weight is 486 g/mol. The third-order valence-electron chi connectivity index (χ3n) is 6.05. The van der Waals surface area contributed by atoms with E-state index in [-0.39, 0.29) is 17.2 Å². The molecule has 0 aliphatic carbocycles. The summed E-state index contributed by atoms with van der Waals surface area (Å²) < 4.78 is 2.29. The highest BCUT2D eigenvalue weighted by molar-refractivity contribution is 7.99. The van der Waals surface area contributed by atoms with Gasteiger partial charge in [0, 0.05) is 25.3 Å². The summed E-state index contributed by atoms with van der Waals surface area (Å²) in [6.45, 7) is 10.8. The third-order valence-corrected chi connectivity index (χ3v) is 8.12. The van der Waals surface area contributed by atoms with E-state index in [1.165, 1.54) is 23.1 Å². The second kappa shape index (κ2) is 10.3. The van der Waals surface area contributed by atoms with Gasteiger partial charge >= 0.3 is 0 Å². The van der Waals surface area contributed by atoms with E-state index in [1.807, 2.05) is 39.0 Å². The van der Waals surface area contributed by atoms with Crippen molar-refractivity contribution < 1.29 is 4.79 Å². The molecule has 4 rings (SSSR count). The number of thiazole rings is 1. The van der Waals surface area contributed by atoms with Crippen LogP contribution in [0.2, 0.25) is 0 Å². The summed E-state index contributed by atoms with van der Waals surface area (Å²) in [5.41, 5.74) is 3.32. The number of benzene rings is 1. The number of piperidine rings is 1. The first-order valence-corrected chi connectivity index (χ1v) is 13.3. The molecule has 0 atom stereocenters. The first-order valence-electron chi connectivity index (χ1n) is 11.5. The van der Waals surface area contributed by atoms with Crippen molar-refractivity contribution in [3.8, 4) is 0 Å². The summed E-state index contributed by atoms with van der Waals surface area (Å²) in [4.78, 5) is 37.6. The molecule has 3 aromatic rings. The van der Waals surface area contributed by atoms with Crippen molar-refractivity contribution in [2.45, 2.75) is 58.7 Å². The number of rotatable bonds is 7. The Balaban J connectivity index is 1.56. The summed E-state index contributed by atoms with van der Waals surface area (Å²) >= 11 is 2.73. The van der Waals surface area contributed by atoms with E-state index in [0.717, 1.165) is 60.2 Å². The van der Waals surface area contributed by atoms with Gasteiger partial charge in [0.25, 0.3) is 5.56 Å². The third kappa shape index (κ3) is 5.24. The molecule has 0 unspecified atom stereocenters. The van der Waals surface area contributed by atoms with Crippen molar-refractivity contribution in [1.29, 1.82) is 0 Å². The van der Waals surface area contributed by atoms with Crippen LogP contribution in [-0.2, 0) is 11.3 Å². The fraction of sp³-hybridized carbons (Fsp3) is 0.500. The Hall–Kier alpha value is -2.39. The standard InChI is InChI=1S/C24H31N5O2S2/c1-5-11-29-22(31)20-21(26-23(33-20)28-12-9-15(2)10-13-28)27-24(29)32-14-18(30)25-19-16(3)7-6-8-17(19)4/h6-8,15H,5,9-14H2,1-4H3,(H,25,30). The van der Waals surface area contributed by atoms with Gasteiger partial charge in [-0.3, -0.25) is 14.2 Å². The smallest absolute Gasteiger partial charge is 0.273 e. The Labute approximate surface area is 202 Å². The van der Waals surface area contributed by atoms with Crippen molar-refractivity contribution in [1.82, 2.24) is 14.5 Å². The summed E-state index contributed by atoms with van der Waals surface area (Å²) in [6, 6.07) is 5.93. The zero-order valence-corrected chi connectivity index (χ0v) is 21.3. The van der Waals surface area contributed by atoms with Gasteiger partial charge in [0.05, 0.1) is 5.75 Å². The van der Waals surface area contributed by atoms with E-state index in [4.69, 9.17) is 9.97 Å². The first-order chi connectivity index (χ1) is 15.9. The summed E-state index contributed by atoms with van der Waals surface area (Å²) in [5.74, 6) is 0.792. The highest BCUT2D eigenvalue weighted by Crippen LogP contribution is 2.30. The van der Waals surface area contributed by atoms with Gasteiger partial charge in [0.15, 0.2) is 15.9 Å². The van der Waals surface area contributed by atoms with Crippen molar-refractivity contribution in [3.05, 3.63) is 39.7 Å². The minimum atomic E-state index is -0.115. The number of amides is 1. The van der Waals surface area contributed by atoms with Crippen LogP contribution in [0.1, 0.15) is 44.2 Å². The number of para-hydroxylation sites is 1. The maximum Gasteiger partial charge on any atom is 0.273 e. The molecule has 1 aliphatic heterocycles. The van der Waals surface area contributed by atoms with Crippen LogP contribution in [0, 0.1) is 19.8 Å². The van der Waals surface area contributed by atoms with Gasteiger partial charge in [-0.2, -0.15) is 4.98 Å². The van der Waals surface area contributed by atoms with Crippen LogP contribution in [0.5, 0.6) is 0 Å². The molecular formula is C24H31N5O2S2. The van der Waals surface area contributed by atoms with E-state index in [1.54, 1.807) is 4.57 Å². The van der Waals surface area contributed by atoms with Crippen LogP contribution in [0.3, 0.4) is 0 Å². The van der Waals surface area contributed by atoms with E-state index < -0.39 is 0 Å². The predicted molar refractivity (Wildman–Crippen MR) is 138 cm³/mol. The molecule has 0 bridgehead atoms. The average Bonchev–Trinajstić information content (AvgIpc) is 3.22. The maximum atomic E-state index is 13.3. The number of hydrogen-bond donors (Lipinski definition) is 1. The molecule has 33 heavy (non-hydrogen) atoms. The molecule has 1 aliphatic rings. The van der Waals surface area contributed by atoms with Gasteiger partial charge < -0.3 is 10.2 Å². The molecule has 2 aromatic heterocycles. The number of carbonyl (C=O) groups is 1. The lowest BCUT2D eigenvalue weighted by atomic mass is 10.00. The molecule has 0 saturated carbocycles. The molecule has 1 fully saturated rings. The molecule has 176 valence electrons.